The highest BCUT2D eigenvalue weighted by molar-refractivity contribution is 7.91. The van der Waals surface area contributed by atoms with Crippen LogP contribution in [-0.2, 0) is 0 Å². The standard InChI is InChI=1S/C55H79NOP2Si2/c1-8-14-42-60(43-15-9-2,44-16-10-3)52-38-34-50(35-39-52)58(51-36-40-53(41-37-51)61(45-17-11-4,46-18-12-5)47-19-13-6)56(48-28-22-20-23-29-48)59(49-30-24-21-25-31-49)55-33-27-26-32-54(55)57-7/h20-41H,8-19,42-47H2,1-7H3. The molecule has 0 aliphatic heterocycles. The van der Waals surface area contributed by atoms with Gasteiger partial charge in [-0.05, 0) is 24.3 Å². The quantitative estimate of drug-likeness (QED) is 0.0366. The van der Waals surface area contributed by atoms with Crippen molar-refractivity contribution in [1.82, 2.24) is 0 Å². The van der Waals surface area contributed by atoms with E-state index in [1.807, 2.05) is 7.11 Å². The highest BCUT2D eigenvalue weighted by atomic mass is 31.2. The third-order valence-electron chi connectivity index (χ3n) is 13.2. The van der Waals surface area contributed by atoms with Gasteiger partial charge < -0.3 is 9.18 Å². The number of methoxy groups -OCH3 is 1. The number of ether oxygens (including phenoxy) is 1. The molecule has 0 saturated carbocycles. The summed E-state index contributed by atoms with van der Waals surface area (Å²) in [7, 11) is -3.60. The number of hydrogen-bond donors (Lipinski definition) is 0. The molecular weight excluding hydrogens is 809 g/mol. The van der Waals surface area contributed by atoms with Gasteiger partial charge in [-0.15, -0.1) is 0 Å². The second-order valence-electron chi connectivity index (χ2n) is 17.5. The van der Waals surface area contributed by atoms with Crippen molar-refractivity contribution >= 4 is 69.6 Å². The van der Waals surface area contributed by atoms with E-state index in [0.29, 0.717) is 0 Å². The lowest BCUT2D eigenvalue weighted by Gasteiger charge is -2.41. The first-order chi connectivity index (χ1) is 29.9. The van der Waals surface area contributed by atoms with Crippen LogP contribution in [0.3, 0.4) is 0 Å². The highest BCUT2D eigenvalue weighted by Crippen LogP contribution is 2.58. The van der Waals surface area contributed by atoms with E-state index >= 15 is 0 Å². The van der Waals surface area contributed by atoms with Crippen LogP contribution in [0.2, 0.25) is 36.3 Å². The van der Waals surface area contributed by atoms with Gasteiger partial charge in [-0.1, -0.05) is 274 Å². The van der Waals surface area contributed by atoms with E-state index < -0.39 is 32.3 Å². The first-order valence-corrected chi connectivity index (χ1v) is 32.1. The normalized spacial score (nSPS) is 12.5. The molecule has 0 amide bonds. The minimum Gasteiger partial charge on any atom is -0.496 e. The van der Waals surface area contributed by atoms with Crippen LogP contribution in [0.15, 0.2) is 133 Å². The van der Waals surface area contributed by atoms with Gasteiger partial charge in [0.05, 0.1) is 39.4 Å². The van der Waals surface area contributed by atoms with Crippen molar-refractivity contribution in [1.29, 1.82) is 0 Å². The lowest BCUT2D eigenvalue weighted by atomic mass is 10.3. The Labute approximate surface area is 378 Å². The lowest BCUT2D eigenvalue weighted by Crippen LogP contribution is -2.48. The molecule has 2 nitrogen and oxygen atoms in total. The number of unbranched alkanes of at least 4 members (excludes halogenated alkanes) is 6. The first-order valence-electron chi connectivity index (χ1n) is 24.3. The Kier molecular flexibility index (Phi) is 20.8. The molecular formula is C55H79NOP2Si2. The molecule has 0 aromatic heterocycles. The molecule has 0 bridgehead atoms. The van der Waals surface area contributed by atoms with Crippen LogP contribution >= 0.6 is 16.1 Å². The molecule has 328 valence electrons. The van der Waals surface area contributed by atoms with E-state index in [0.717, 1.165) is 5.75 Å². The van der Waals surface area contributed by atoms with Crippen molar-refractivity contribution in [2.75, 3.05) is 11.6 Å². The fourth-order valence-electron chi connectivity index (χ4n) is 9.59. The fourth-order valence-corrected chi connectivity index (χ4v) is 26.8. The van der Waals surface area contributed by atoms with E-state index in [2.05, 4.69) is 179 Å². The fraction of sp³-hybridized carbons (Fsp3) is 0.455. The Bertz CT molecular complexity index is 1820. The number of rotatable bonds is 28. The van der Waals surface area contributed by atoms with E-state index in [4.69, 9.17) is 4.74 Å². The molecule has 1 atom stereocenters. The van der Waals surface area contributed by atoms with Crippen LogP contribution < -0.4 is 40.8 Å². The molecule has 0 saturated heterocycles. The monoisotopic (exact) mass is 888 g/mol. The Morgan fingerprint density at radius 3 is 1.11 bits per heavy atom. The summed E-state index contributed by atoms with van der Waals surface area (Å²) in [4.78, 5) is 0. The van der Waals surface area contributed by atoms with Crippen molar-refractivity contribution in [3.8, 4) is 5.75 Å². The van der Waals surface area contributed by atoms with Crippen molar-refractivity contribution in [2.45, 2.75) is 155 Å². The largest absolute Gasteiger partial charge is 0.496 e. The Morgan fingerprint density at radius 2 is 0.738 bits per heavy atom. The third-order valence-corrected chi connectivity index (χ3v) is 29.6. The van der Waals surface area contributed by atoms with Crippen molar-refractivity contribution in [3.63, 3.8) is 0 Å². The molecule has 1 unspecified atom stereocenters. The maximum Gasteiger partial charge on any atom is 0.128 e. The molecule has 6 heteroatoms. The van der Waals surface area contributed by atoms with E-state index in [1.165, 1.54) is 140 Å². The predicted octanol–water partition coefficient (Wildman–Crippen LogP) is 14.7. The Hall–Kier alpha value is -3.01. The maximum absolute atomic E-state index is 6.23. The molecule has 0 N–H and O–H groups in total. The zero-order valence-corrected chi connectivity index (χ0v) is 43.0. The molecule has 0 spiro atoms. The summed E-state index contributed by atoms with van der Waals surface area (Å²) >= 11 is 0. The van der Waals surface area contributed by atoms with E-state index in [9.17, 15) is 0 Å². The molecule has 0 aliphatic carbocycles. The number of nitrogens with zero attached hydrogens (tertiary/aromatic N) is 1. The van der Waals surface area contributed by atoms with Gasteiger partial charge >= 0.3 is 0 Å². The molecule has 5 rings (SSSR count). The van der Waals surface area contributed by atoms with Crippen LogP contribution in [0.25, 0.3) is 0 Å². The summed E-state index contributed by atoms with van der Waals surface area (Å²) in [5.74, 6) is 0.955. The lowest BCUT2D eigenvalue weighted by molar-refractivity contribution is 0.418. The van der Waals surface area contributed by atoms with Crippen LogP contribution in [0.5, 0.6) is 5.75 Å². The molecule has 5 aromatic rings. The smallest absolute Gasteiger partial charge is 0.128 e. The van der Waals surface area contributed by atoms with Gasteiger partial charge in [-0.2, -0.15) is 0 Å². The summed E-state index contributed by atoms with van der Waals surface area (Å²) < 4.78 is 9.07. The SMILES string of the molecule is CCCC[Si](CCCC)(CCCC)c1ccc(P(c2ccc([Si](CCCC)(CCCC)CCCC)cc2)N(c2ccccc2)P(c2ccccc2)c2ccccc2OC)cc1. The van der Waals surface area contributed by atoms with E-state index in [1.54, 1.807) is 10.4 Å². The molecule has 0 radical (unpaired) electrons. The molecule has 0 fully saturated rings. The van der Waals surface area contributed by atoms with E-state index in [-0.39, 0.29) is 0 Å². The number of anilines is 1. The summed E-state index contributed by atoms with van der Waals surface area (Å²) in [5.41, 5.74) is 1.26. The minimum absolute atomic E-state index is 0.955. The second-order valence-corrected chi connectivity index (χ2v) is 31.2. The first kappa shape index (κ1) is 49.0. The van der Waals surface area contributed by atoms with Crippen LogP contribution in [0, 0.1) is 0 Å². The summed E-state index contributed by atoms with van der Waals surface area (Å²) in [5, 5.41) is 8.84. The van der Waals surface area contributed by atoms with Gasteiger partial charge in [-0.3, -0.25) is 0 Å². The van der Waals surface area contributed by atoms with Gasteiger partial charge in [0.1, 0.15) is 5.75 Å². The average Bonchev–Trinajstić information content (AvgIpc) is 3.32. The predicted molar refractivity (Wildman–Crippen MR) is 283 cm³/mol. The van der Waals surface area contributed by atoms with Gasteiger partial charge in [0, 0.05) is 26.9 Å². The van der Waals surface area contributed by atoms with Crippen LogP contribution in [0.4, 0.5) is 5.69 Å². The van der Waals surface area contributed by atoms with Gasteiger partial charge in [0.15, 0.2) is 0 Å². The van der Waals surface area contributed by atoms with Crippen molar-refractivity contribution in [2.24, 2.45) is 0 Å². The number of hydrogen-bond acceptors (Lipinski definition) is 2. The number of benzene rings is 5. The molecule has 0 heterocycles. The molecule has 61 heavy (non-hydrogen) atoms. The van der Waals surface area contributed by atoms with Crippen LogP contribution in [-0.4, -0.2) is 23.3 Å². The maximum atomic E-state index is 6.23. The number of para-hydroxylation sites is 2. The minimum atomic E-state index is -1.68. The Morgan fingerprint density at radius 1 is 0.393 bits per heavy atom. The summed E-state index contributed by atoms with van der Waals surface area (Å²) in [6, 6.07) is 60.7. The summed E-state index contributed by atoms with van der Waals surface area (Å²) in [6.07, 6.45) is 15.8. The second kappa shape index (κ2) is 25.9. The van der Waals surface area contributed by atoms with Crippen LogP contribution in [0.1, 0.15) is 119 Å². The van der Waals surface area contributed by atoms with Gasteiger partial charge in [-0.25, -0.2) is 0 Å². The third kappa shape index (κ3) is 12.8. The molecule has 0 aliphatic rings. The zero-order chi connectivity index (χ0) is 43.3. The summed E-state index contributed by atoms with van der Waals surface area (Å²) in [6.45, 7) is 14.3. The highest BCUT2D eigenvalue weighted by Gasteiger charge is 2.38. The van der Waals surface area contributed by atoms with Gasteiger partial charge in [0.2, 0.25) is 0 Å². The topological polar surface area (TPSA) is 12.5 Å². The van der Waals surface area contributed by atoms with Gasteiger partial charge in [0.25, 0.3) is 0 Å². The average molecular weight is 888 g/mol. The van der Waals surface area contributed by atoms with Crippen molar-refractivity contribution < 1.29 is 4.74 Å². The molecule has 5 aromatic carbocycles. The Balaban J connectivity index is 1.79. The van der Waals surface area contributed by atoms with Crippen molar-refractivity contribution in [3.05, 3.63) is 133 Å². The zero-order valence-electron chi connectivity index (χ0n) is 39.2.